The van der Waals surface area contributed by atoms with Gasteiger partial charge in [-0.2, -0.15) is 4.98 Å². The van der Waals surface area contributed by atoms with E-state index in [0.717, 1.165) is 23.2 Å². The number of carbonyl (C=O) groups is 1. The van der Waals surface area contributed by atoms with Gasteiger partial charge >= 0.3 is 6.09 Å². The third-order valence-corrected chi connectivity index (χ3v) is 6.67. The zero-order valence-electron chi connectivity index (χ0n) is 23.9. The van der Waals surface area contributed by atoms with Crippen LogP contribution in [0.25, 0.3) is 10.8 Å². The van der Waals surface area contributed by atoms with Gasteiger partial charge in [-0.15, -0.1) is 0 Å². The highest BCUT2D eigenvalue weighted by Crippen LogP contribution is 2.24. The molecule has 5 rings (SSSR count). The highest BCUT2D eigenvalue weighted by molar-refractivity contribution is 5.87. The van der Waals surface area contributed by atoms with Crippen LogP contribution >= 0.6 is 0 Å². The fourth-order valence-electron chi connectivity index (χ4n) is 4.69. The number of aromatic nitrogens is 2. The van der Waals surface area contributed by atoms with Gasteiger partial charge in [0.05, 0.1) is 6.54 Å². The SMILES string of the molecule is CC(C)(C)OC(=O)N(Cc1ccccc1)c1cc(CCc2ccccc2)nc(NCc2cccc3ccccc23)n1. The van der Waals surface area contributed by atoms with Crippen molar-refractivity contribution in [2.75, 3.05) is 10.2 Å². The van der Waals surface area contributed by atoms with Crippen molar-refractivity contribution < 1.29 is 9.53 Å². The van der Waals surface area contributed by atoms with E-state index in [9.17, 15) is 4.79 Å². The van der Waals surface area contributed by atoms with E-state index < -0.39 is 11.7 Å². The van der Waals surface area contributed by atoms with E-state index >= 15 is 0 Å². The molecule has 41 heavy (non-hydrogen) atoms. The number of anilines is 2. The number of amides is 1. The monoisotopic (exact) mass is 544 g/mol. The van der Waals surface area contributed by atoms with Crippen LogP contribution in [0.2, 0.25) is 0 Å². The van der Waals surface area contributed by atoms with Crippen molar-refractivity contribution in [3.63, 3.8) is 0 Å². The quantitative estimate of drug-likeness (QED) is 0.204. The summed E-state index contributed by atoms with van der Waals surface area (Å²) in [7, 11) is 0. The Labute approximate surface area is 242 Å². The molecule has 1 aromatic heterocycles. The maximum absolute atomic E-state index is 13.5. The Morgan fingerprint density at radius 2 is 1.44 bits per heavy atom. The third kappa shape index (κ3) is 7.70. The molecular weight excluding hydrogens is 508 g/mol. The Morgan fingerprint density at radius 3 is 2.17 bits per heavy atom. The lowest BCUT2D eigenvalue weighted by Crippen LogP contribution is -2.37. The van der Waals surface area contributed by atoms with E-state index in [4.69, 9.17) is 14.7 Å². The van der Waals surface area contributed by atoms with Crippen LogP contribution in [0.5, 0.6) is 0 Å². The van der Waals surface area contributed by atoms with E-state index in [0.29, 0.717) is 31.3 Å². The Hall–Kier alpha value is -4.71. The second-order valence-corrected chi connectivity index (χ2v) is 11.1. The van der Waals surface area contributed by atoms with Gasteiger partial charge in [-0.25, -0.2) is 9.78 Å². The molecule has 0 spiro atoms. The molecule has 0 aliphatic heterocycles. The number of aryl methyl sites for hydroxylation is 2. The molecule has 0 radical (unpaired) electrons. The van der Waals surface area contributed by atoms with Gasteiger partial charge in [-0.3, -0.25) is 4.90 Å². The maximum atomic E-state index is 13.5. The average molecular weight is 545 g/mol. The van der Waals surface area contributed by atoms with Crippen molar-refractivity contribution in [2.24, 2.45) is 0 Å². The summed E-state index contributed by atoms with van der Waals surface area (Å²) in [6, 6.07) is 36.7. The molecule has 4 aromatic carbocycles. The predicted octanol–water partition coefficient (Wildman–Crippen LogP) is 7.97. The van der Waals surface area contributed by atoms with Crippen LogP contribution in [-0.4, -0.2) is 21.7 Å². The summed E-state index contributed by atoms with van der Waals surface area (Å²) in [5.74, 6) is 0.974. The van der Waals surface area contributed by atoms with Gasteiger partial charge < -0.3 is 10.1 Å². The number of nitrogens with zero attached hydrogens (tertiary/aromatic N) is 3. The highest BCUT2D eigenvalue weighted by Gasteiger charge is 2.25. The minimum Gasteiger partial charge on any atom is -0.443 e. The molecule has 0 bridgehead atoms. The van der Waals surface area contributed by atoms with Crippen LogP contribution in [0.4, 0.5) is 16.6 Å². The Morgan fingerprint density at radius 1 is 0.780 bits per heavy atom. The van der Waals surface area contributed by atoms with Crippen LogP contribution in [0.1, 0.15) is 43.2 Å². The van der Waals surface area contributed by atoms with Gasteiger partial charge in [0.25, 0.3) is 0 Å². The largest absolute Gasteiger partial charge is 0.443 e. The molecule has 0 saturated carbocycles. The maximum Gasteiger partial charge on any atom is 0.416 e. The van der Waals surface area contributed by atoms with Crippen molar-refractivity contribution in [2.45, 2.75) is 52.3 Å². The summed E-state index contributed by atoms with van der Waals surface area (Å²) in [5.41, 5.74) is 3.56. The molecule has 5 aromatic rings. The van der Waals surface area contributed by atoms with Gasteiger partial charge in [0, 0.05) is 18.3 Å². The smallest absolute Gasteiger partial charge is 0.416 e. The van der Waals surface area contributed by atoms with Crippen molar-refractivity contribution in [3.05, 3.63) is 132 Å². The van der Waals surface area contributed by atoms with Crippen molar-refractivity contribution in [3.8, 4) is 0 Å². The number of nitrogens with one attached hydrogen (secondary N) is 1. The molecule has 0 unspecified atom stereocenters. The molecule has 0 atom stereocenters. The average Bonchev–Trinajstić information content (AvgIpc) is 2.98. The number of hydrogen-bond acceptors (Lipinski definition) is 5. The van der Waals surface area contributed by atoms with Gasteiger partial charge in [0.15, 0.2) is 0 Å². The first-order valence-electron chi connectivity index (χ1n) is 14.0. The molecule has 6 nitrogen and oxygen atoms in total. The number of rotatable bonds is 9. The normalized spacial score (nSPS) is 11.3. The first kappa shape index (κ1) is 27.8. The number of hydrogen-bond donors (Lipinski definition) is 1. The number of carbonyl (C=O) groups excluding carboxylic acids is 1. The molecule has 6 heteroatoms. The van der Waals surface area contributed by atoms with Crippen LogP contribution in [0.15, 0.2) is 109 Å². The van der Waals surface area contributed by atoms with Crippen LogP contribution < -0.4 is 10.2 Å². The summed E-state index contributed by atoms with van der Waals surface area (Å²) in [4.78, 5) is 24.8. The Kier molecular flexibility index (Phi) is 8.59. The Balaban J connectivity index is 1.49. The molecule has 0 saturated heterocycles. The molecule has 0 aliphatic rings. The molecular formula is C35H36N4O2. The third-order valence-electron chi connectivity index (χ3n) is 6.67. The van der Waals surface area contributed by atoms with Gasteiger partial charge in [0.2, 0.25) is 5.95 Å². The summed E-state index contributed by atoms with van der Waals surface area (Å²) < 4.78 is 5.82. The zero-order valence-corrected chi connectivity index (χ0v) is 23.9. The van der Waals surface area contributed by atoms with Crippen molar-refractivity contribution >= 4 is 28.6 Å². The van der Waals surface area contributed by atoms with E-state index in [-0.39, 0.29) is 0 Å². The van der Waals surface area contributed by atoms with Crippen LogP contribution in [0.3, 0.4) is 0 Å². The second-order valence-electron chi connectivity index (χ2n) is 11.1. The standard InChI is InChI=1S/C35H36N4O2/c1-35(2,3)41-34(40)39(25-27-15-8-5-9-16-27)32-23-30(22-21-26-13-6-4-7-14-26)37-33(38-32)36-24-29-19-12-18-28-17-10-11-20-31(28)29/h4-20,23H,21-22,24-25H2,1-3H3,(H,36,37,38). The van der Waals surface area contributed by atoms with E-state index in [1.54, 1.807) is 4.90 Å². The van der Waals surface area contributed by atoms with Crippen LogP contribution in [0, 0.1) is 0 Å². The topological polar surface area (TPSA) is 67.3 Å². The highest BCUT2D eigenvalue weighted by atomic mass is 16.6. The lowest BCUT2D eigenvalue weighted by atomic mass is 10.0. The van der Waals surface area contributed by atoms with Crippen LogP contribution in [-0.2, 0) is 30.7 Å². The van der Waals surface area contributed by atoms with E-state index in [2.05, 4.69) is 47.8 Å². The summed E-state index contributed by atoms with van der Waals surface area (Å²) in [6.45, 7) is 6.48. The molecule has 1 N–H and O–H groups in total. The minimum absolute atomic E-state index is 0.327. The second kappa shape index (κ2) is 12.6. The zero-order chi connectivity index (χ0) is 28.7. The van der Waals surface area contributed by atoms with Crippen molar-refractivity contribution in [1.82, 2.24) is 9.97 Å². The summed E-state index contributed by atoms with van der Waals surface area (Å²) >= 11 is 0. The fourth-order valence-corrected chi connectivity index (χ4v) is 4.69. The first-order valence-corrected chi connectivity index (χ1v) is 14.0. The number of ether oxygens (including phenoxy) is 1. The molecule has 0 aliphatic carbocycles. The van der Waals surface area contributed by atoms with Gasteiger partial charge in [-0.1, -0.05) is 103 Å². The summed E-state index contributed by atoms with van der Waals surface area (Å²) in [6.07, 6.45) is 1.08. The molecule has 1 amide bonds. The van der Waals surface area contributed by atoms with Crippen molar-refractivity contribution in [1.29, 1.82) is 0 Å². The first-order chi connectivity index (χ1) is 19.8. The molecule has 208 valence electrons. The molecule has 0 fully saturated rings. The predicted molar refractivity (Wildman–Crippen MR) is 166 cm³/mol. The van der Waals surface area contributed by atoms with Gasteiger partial charge in [-0.05, 0) is 61.1 Å². The fraction of sp³-hybridized carbons (Fsp3) is 0.229. The summed E-state index contributed by atoms with van der Waals surface area (Å²) in [5, 5.41) is 5.80. The van der Waals surface area contributed by atoms with E-state index in [1.807, 2.05) is 87.5 Å². The lowest BCUT2D eigenvalue weighted by Gasteiger charge is -2.27. The number of benzene rings is 4. The minimum atomic E-state index is -0.648. The number of fused-ring (bicyclic) bond motifs is 1. The van der Waals surface area contributed by atoms with E-state index in [1.165, 1.54) is 16.3 Å². The van der Waals surface area contributed by atoms with Gasteiger partial charge in [0.1, 0.15) is 11.4 Å². The lowest BCUT2D eigenvalue weighted by molar-refractivity contribution is 0.0576. The molecule has 1 heterocycles. The Bertz CT molecular complexity index is 1590.